The first-order chi connectivity index (χ1) is 23.6. The van der Waals surface area contributed by atoms with Crippen LogP contribution in [0.1, 0.15) is 70.0 Å². The molecule has 3 aliphatic rings. The zero-order valence-electron chi connectivity index (χ0n) is 28.7. The van der Waals surface area contributed by atoms with Gasteiger partial charge in [-0.15, -0.1) is 0 Å². The van der Waals surface area contributed by atoms with Crippen molar-refractivity contribution in [3.8, 4) is 11.3 Å². The van der Waals surface area contributed by atoms with E-state index in [9.17, 15) is 32.7 Å². The van der Waals surface area contributed by atoms with Crippen molar-refractivity contribution < 1.29 is 32.6 Å². The average Bonchev–Trinajstić information content (AvgIpc) is 3.56. The van der Waals surface area contributed by atoms with Gasteiger partial charge in [0.15, 0.2) is 0 Å². The third-order valence-electron chi connectivity index (χ3n) is 10.4. The summed E-state index contributed by atoms with van der Waals surface area (Å²) in [6.45, 7) is 6.15. The van der Waals surface area contributed by atoms with Gasteiger partial charge in [-0.25, -0.2) is 14.6 Å². The highest BCUT2D eigenvalue weighted by molar-refractivity contribution is 5.76. The first-order valence-electron chi connectivity index (χ1n) is 17.1. The topological polar surface area (TPSA) is 108 Å². The molecule has 2 aromatic carbocycles. The van der Waals surface area contributed by atoms with Crippen LogP contribution in [0.25, 0.3) is 11.3 Å². The minimum absolute atomic E-state index is 0.0404. The van der Waals surface area contributed by atoms with E-state index in [1.807, 2.05) is 30.3 Å². The fraction of sp³-hybridized carbons (Fsp3) is 0.514. The lowest BCUT2D eigenvalue weighted by molar-refractivity contribution is -0.138. The molecule has 2 saturated heterocycles. The monoisotopic (exact) mass is 695 g/mol. The van der Waals surface area contributed by atoms with Crippen LogP contribution in [-0.2, 0) is 17.5 Å². The summed E-state index contributed by atoms with van der Waals surface area (Å²) in [5.74, 6) is 0. The Labute approximate surface area is 289 Å². The van der Waals surface area contributed by atoms with Gasteiger partial charge < -0.3 is 24.5 Å². The lowest BCUT2D eigenvalue weighted by Crippen LogP contribution is -2.64. The predicted octanol–water partition coefficient (Wildman–Crippen LogP) is 6.34. The van der Waals surface area contributed by atoms with Crippen molar-refractivity contribution >= 4 is 12.1 Å². The Morgan fingerprint density at radius 3 is 2.24 bits per heavy atom. The van der Waals surface area contributed by atoms with Crippen LogP contribution in [-0.4, -0.2) is 85.4 Å². The Bertz CT molecular complexity index is 1750. The molecule has 6 rings (SSSR count). The summed E-state index contributed by atoms with van der Waals surface area (Å²) in [6, 6.07) is 14.5. The highest BCUT2D eigenvalue weighted by atomic mass is 19.4. The van der Waals surface area contributed by atoms with E-state index in [1.165, 1.54) is 34.0 Å². The highest BCUT2D eigenvalue weighted by Gasteiger charge is 2.56. The molecule has 10 nitrogen and oxygen atoms in total. The summed E-state index contributed by atoms with van der Waals surface area (Å²) in [5.41, 5.74) is -1.94. The largest absolute Gasteiger partial charge is 0.444 e. The number of hydrogen-bond acceptors (Lipinski definition) is 6. The van der Waals surface area contributed by atoms with Crippen LogP contribution in [0.15, 0.2) is 71.8 Å². The quantitative estimate of drug-likeness (QED) is 0.342. The summed E-state index contributed by atoms with van der Waals surface area (Å²) >= 11 is 0. The lowest BCUT2D eigenvalue weighted by atomic mass is 9.66. The SMILES string of the molecule is CC(C)(C)OC(=O)N1CCN(C(=O)N2CC[C@@](O)(Cn3cnc(-c4ccccc4)cc3=O)C3(CCCC3)C2)C(c2ccc(C(F)(F)F)cc2)C1. The average molecular weight is 696 g/mol. The number of rotatable bonds is 4. The Balaban J connectivity index is 1.24. The summed E-state index contributed by atoms with van der Waals surface area (Å²) in [6.07, 6.45) is -0.292. The minimum Gasteiger partial charge on any atom is -0.444 e. The molecule has 2 atom stereocenters. The molecule has 1 spiro atoms. The first kappa shape index (κ1) is 35.4. The molecule has 1 saturated carbocycles. The molecular formula is C37H44F3N5O5. The van der Waals surface area contributed by atoms with Gasteiger partial charge in [-0.2, -0.15) is 13.2 Å². The van der Waals surface area contributed by atoms with E-state index < -0.39 is 40.5 Å². The first-order valence-corrected chi connectivity index (χ1v) is 17.1. The van der Waals surface area contributed by atoms with Crippen LogP contribution in [0.3, 0.4) is 0 Å². The molecule has 13 heteroatoms. The van der Waals surface area contributed by atoms with Gasteiger partial charge in [0.05, 0.1) is 35.8 Å². The molecule has 1 aromatic heterocycles. The number of piperazine rings is 1. The number of carbonyl (C=O) groups is 2. The molecule has 3 amide bonds. The number of benzene rings is 2. The van der Waals surface area contributed by atoms with E-state index in [0.29, 0.717) is 24.1 Å². The van der Waals surface area contributed by atoms with E-state index in [1.54, 1.807) is 30.6 Å². The molecule has 0 radical (unpaired) electrons. The van der Waals surface area contributed by atoms with Crippen molar-refractivity contribution in [3.63, 3.8) is 0 Å². The fourth-order valence-corrected chi connectivity index (χ4v) is 7.72. The van der Waals surface area contributed by atoms with Gasteiger partial charge in [-0.1, -0.05) is 55.3 Å². The summed E-state index contributed by atoms with van der Waals surface area (Å²) in [4.78, 5) is 50.0. The molecule has 1 N–H and O–H groups in total. The van der Waals surface area contributed by atoms with Crippen molar-refractivity contribution in [1.29, 1.82) is 0 Å². The van der Waals surface area contributed by atoms with Crippen LogP contribution >= 0.6 is 0 Å². The highest BCUT2D eigenvalue weighted by Crippen LogP contribution is 2.52. The van der Waals surface area contributed by atoms with E-state index in [2.05, 4.69) is 4.98 Å². The van der Waals surface area contributed by atoms with Gasteiger partial charge in [-0.05, 0) is 57.7 Å². The van der Waals surface area contributed by atoms with Crippen LogP contribution in [0.5, 0.6) is 0 Å². The fourth-order valence-electron chi connectivity index (χ4n) is 7.72. The van der Waals surface area contributed by atoms with Gasteiger partial charge in [0.25, 0.3) is 5.56 Å². The molecule has 1 aliphatic carbocycles. The van der Waals surface area contributed by atoms with E-state index >= 15 is 0 Å². The molecule has 268 valence electrons. The molecule has 50 heavy (non-hydrogen) atoms. The second kappa shape index (κ2) is 13.4. The van der Waals surface area contributed by atoms with Crippen molar-refractivity contribution in [3.05, 3.63) is 88.5 Å². The number of piperidine rings is 1. The van der Waals surface area contributed by atoms with Crippen molar-refractivity contribution in [2.24, 2.45) is 5.41 Å². The van der Waals surface area contributed by atoms with Gasteiger partial charge in [0.1, 0.15) is 5.60 Å². The van der Waals surface area contributed by atoms with E-state index in [-0.39, 0.29) is 57.3 Å². The number of carbonyl (C=O) groups excluding carboxylic acids is 2. The Kier molecular flexibility index (Phi) is 9.49. The standard InChI is InChI=1S/C37H44F3N5O5/c1-34(2,3)50-33(48)42-19-20-45(30(22-42)27-11-13-28(14-12-27)37(38,39)40)32(47)43-18-17-36(49,35(23-43)15-7-8-16-35)24-44-25-41-29(21-31(44)46)26-9-5-4-6-10-26/h4-6,9-14,21,25,30,49H,7-8,15-20,22-24H2,1-3H3/t30?,36-/m1/s1. The van der Waals surface area contributed by atoms with Crippen LogP contribution < -0.4 is 5.56 Å². The number of aliphatic hydroxyl groups is 1. The van der Waals surface area contributed by atoms with Crippen LogP contribution in [0.2, 0.25) is 0 Å². The summed E-state index contributed by atoms with van der Waals surface area (Å²) in [7, 11) is 0. The molecule has 3 aromatic rings. The maximum Gasteiger partial charge on any atom is 0.416 e. The smallest absolute Gasteiger partial charge is 0.416 e. The second-order valence-electron chi connectivity index (χ2n) is 14.8. The van der Waals surface area contributed by atoms with Crippen molar-refractivity contribution in [2.75, 3.05) is 32.7 Å². The third kappa shape index (κ3) is 7.24. The van der Waals surface area contributed by atoms with Gasteiger partial charge in [0, 0.05) is 49.8 Å². The van der Waals surface area contributed by atoms with Gasteiger partial charge in [-0.3, -0.25) is 9.36 Å². The maximum atomic E-state index is 14.4. The summed E-state index contributed by atoms with van der Waals surface area (Å²) in [5, 5.41) is 12.3. The number of ether oxygens (including phenoxy) is 1. The van der Waals surface area contributed by atoms with Crippen molar-refractivity contribution in [2.45, 2.75) is 82.8 Å². The van der Waals surface area contributed by atoms with Crippen LogP contribution in [0.4, 0.5) is 22.8 Å². The minimum atomic E-state index is -4.52. The number of amides is 3. The predicted molar refractivity (Wildman–Crippen MR) is 180 cm³/mol. The lowest BCUT2D eigenvalue weighted by Gasteiger charge is -2.53. The van der Waals surface area contributed by atoms with Gasteiger partial charge in [0.2, 0.25) is 0 Å². The Morgan fingerprint density at radius 1 is 0.940 bits per heavy atom. The normalized spacial score (nSPS) is 22.5. The molecule has 1 unspecified atom stereocenters. The number of likely N-dealkylation sites (tertiary alicyclic amines) is 1. The number of alkyl halides is 3. The molecular weight excluding hydrogens is 651 g/mol. The summed E-state index contributed by atoms with van der Waals surface area (Å²) < 4.78 is 47.2. The number of nitrogens with zero attached hydrogens (tertiary/aromatic N) is 5. The number of hydrogen-bond donors (Lipinski definition) is 1. The zero-order valence-corrected chi connectivity index (χ0v) is 28.7. The number of halogens is 3. The number of aromatic nitrogens is 2. The third-order valence-corrected chi connectivity index (χ3v) is 10.4. The second-order valence-corrected chi connectivity index (χ2v) is 14.8. The van der Waals surface area contributed by atoms with E-state index in [0.717, 1.165) is 30.5 Å². The maximum absolute atomic E-state index is 14.4. The van der Waals surface area contributed by atoms with Crippen molar-refractivity contribution in [1.82, 2.24) is 24.3 Å². The van der Waals surface area contributed by atoms with Gasteiger partial charge >= 0.3 is 18.3 Å². The van der Waals surface area contributed by atoms with Crippen LogP contribution in [0, 0.1) is 5.41 Å². The van der Waals surface area contributed by atoms with E-state index in [4.69, 9.17) is 4.74 Å². The molecule has 2 aliphatic heterocycles. The molecule has 3 heterocycles. The number of urea groups is 1. The molecule has 3 fully saturated rings. The Morgan fingerprint density at radius 2 is 1.62 bits per heavy atom. The molecule has 0 bridgehead atoms. The Hall–Kier alpha value is -4.39. The zero-order chi connectivity index (χ0) is 35.9.